The Morgan fingerprint density at radius 3 is 3.06 bits per heavy atom. The largest absolute Gasteiger partial charge is 0.298 e. The van der Waals surface area contributed by atoms with Gasteiger partial charge in [-0.1, -0.05) is 0 Å². The second-order valence-electron chi connectivity index (χ2n) is 4.53. The molecule has 2 heterocycles. The third kappa shape index (κ3) is 2.67. The number of carbonyl (C=O) groups is 1. The summed E-state index contributed by atoms with van der Waals surface area (Å²) in [5.74, 6) is 1.48. The van der Waals surface area contributed by atoms with Crippen LogP contribution < -0.4 is 0 Å². The monoisotopic (exact) mass is 238 g/mol. The third-order valence-electron chi connectivity index (χ3n) is 2.84. The van der Waals surface area contributed by atoms with Crippen molar-refractivity contribution in [3.63, 3.8) is 0 Å². The molecule has 16 heavy (non-hydrogen) atoms. The van der Waals surface area contributed by atoms with Crippen molar-refractivity contribution in [2.24, 2.45) is 0 Å². The molecule has 0 radical (unpaired) electrons. The molecule has 1 aliphatic heterocycles. The Morgan fingerprint density at radius 2 is 2.50 bits per heavy atom. The second-order valence-corrected chi connectivity index (χ2v) is 5.84. The molecule has 0 saturated carbocycles. The van der Waals surface area contributed by atoms with Gasteiger partial charge >= 0.3 is 0 Å². The summed E-state index contributed by atoms with van der Waals surface area (Å²) in [6.07, 6.45) is 4.68. The van der Waals surface area contributed by atoms with Crippen molar-refractivity contribution in [1.29, 1.82) is 0 Å². The maximum atomic E-state index is 11.9. The molecule has 0 aliphatic carbocycles. The summed E-state index contributed by atoms with van der Waals surface area (Å²) in [6.45, 7) is 4.18. The average molecular weight is 238 g/mol. The molecular weight excluding hydrogens is 220 g/mol. The number of thioether (sulfide) groups is 1. The molecule has 0 spiro atoms. The molecule has 1 aliphatic rings. The van der Waals surface area contributed by atoms with Gasteiger partial charge in [-0.25, -0.2) is 0 Å². The van der Waals surface area contributed by atoms with Gasteiger partial charge in [-0.3, -0.25) is 9.48 Å². The van der Waals surface area contributed by atoms with E-state index in [1.165, 1.54) is 6.42 Å². The van der Waals surface area contributed by atoms with Crippen molar-refractivity contribution >= 4 is 17.5 Å². The summed E-state index contributed by atoms with van der Waals surface area (Å²) in [7, 11) is 0. The van der Waals surface area contributed by atoms with Crippen LogP contribution in [0.4, 0.5) is 0 Å². The number of hydrogen-bond donors (Lipinski definition) is 0. The van der Waals surface area contributed by atoms with Gasteiger partial charge in [0.1, 0.15) is 0 Å². The second kappa shape index (κ2) is 5.04. The van der Waals surface area contributed by atoms with E-state index in [-0.39, 0.29) is 5.25 Å². The van der Waals surface area contributed by atoms with Crippen LogP contribution in [0.5, 0.6) is 0 Å². The smallest absolute Gasteiger partial charge is 0.151 e. The minimum atomic E-state index is 0.226. The fraction of sp³-hybridized carbons (Fsp3) is 0.667. The summed E-state index contributed by atoms with van der Waals surface area (Å²) >= 11 is 1.80. The lowest BCUT2D eigenvalue weighted by Gasteiger charge is -2.06. The van der Waals surface area contributed by atoms with Crippen LogP contribution in [0.25, 0.3) is 0 Å². The Kier molecular flexibility index (Phi) is 3.69. The van der Waals surface area contributed by atoms with Crippen molar-refractivity contribution in [3.8, 4) is 0 Å². The summed E-state index contributed by atoms with van der Waals surface area (Å²) in [5.41, 5.74) is 0.909. The molecule has 1 aromatic rings. The topological polar surface area (TPSA) is 34.9 Å². The Bertz CT molecular complexity index is 367. The van der Waals surface area contributed by atoms with Crippen LogP contribution in [0.3, 0.4) is 0 Å². The number of Topliss-reactive ketones (excluding diaryl/α,β-unsaturated/α-hetero) is 1. The highest BCUT2D eigenvalue weighted by atomic mass is 32.2. The van der Waals surface area contributed by atoms with Crippen LogP contribution >= 0.6 is 11.8 Å². The van der Waals surface area contributed by atoms with Crippen LogP contribution in [0.1, 0.15) is 38.4 Å². The first-order valence-electron chi connectivity index (χ1n) is 5.85. The summed E-state index contributed by atoms with van der Waals surface area (Å²) < 4.78 is 1.91. The van der Waals surface area contributed by atoms with Gasteiger partial charge in [-0.05, 0) is 38.5 Å². The number of nitrogens with zero attached hydrogens (tertiary/aromatic N) is 2. The first-order chi connectivity index (χ1) is 7.66. The van der Waals surface area contributed by atoms with E-state index in [0.29, 0.717) is 18.2 Å². The molecule has 1 unspecified atom stereocenters. The van der Waals surface area contributed by atoms with Crippen molar-refractivity contribution in [3.05, 3.63) is 18.0 Å². The zero-order valence-corrected chi connectivity index (χ0v) is 10.7. The lowest BCUT2D eigenvalue weighted by molar-refractivity contribution is -0.118. The van der Waals surface area contributed by atoms with Crippen LogP contribution in [0.2, 0.25) is 0 Å². The normalized spacial score (nSPS) is 20.6. The molecule has 4 heteroatoms. The maximum absolute atomic E-state index is 11.9. The Morgan fingerprint density at radius 1 is 1.69 bits per heavy atom. The molecule has 1 atom stereocenters. The molecule has 3 nitrogen and oxygen atoms in total. The molecule has 0 amide bonds. The predicted octanol–water partition coefficient (Wildman–Crippen LogP) is 2.47. The number of aromatic nitrogens is 2. The maximum Gasteiger partial charge on any atom is 0.151 e. The molecule has 1 fully saturated rings. The van der Waals surface area contributed by atoms with Crippen LogP contribution in [-0.2, 0) is 11.2 Å². The quantitative estimate of drug-likeness (QED) is 0.808. The summed E-state index contributed by atoms with van der Waals surface area (Å²) in [5, 5.41) is 4.63. The Labute approximate surface area is 101 Å². The Balaban J connectivity index is 1.95. The number of rotatable bonds is 4. The molecule has 1 aromatic heterocycles. The lowest BCUT2D eigenvalue weighted by Crippen LogP contribution is -2.17. The van der Waals surface area contributed by atoms with E-state index in [9.17, 15) is 4.79 Å². The highest BCUT2D eigenvalue weighted by Gasteiger charge is 2.23. The van der Waals surface area contributed by atoms with E-state index in [0.717, 1.165) is 17.9 Å². The zero-order chi connectivity index (χ0) is 11.5. The molecule has 0 aromatic carbocycles. The molecular formula is C12H18N2OS. The van der Waals surface area contributed by atoms with E-state index in [4.69, 9.17) is 0 Å². The highest BCUT2D eigenvalue weighted by molar-refractivity contribution is 8.00. The van der Waals surface area contributed by atoms with Gasteiger partial charge in [0, 0.05) is 12.2 Å². The van der Waals surface area contributed by atoms with E-state index >= 15 is 0 Å². The molecule has 1 saturated heterocycles. The van der Waals surface area contributed by atoms with Crippen LogP contribution in [-0.4, -0.2) is 26.6 Å². The predicted molar refractivity (Wildman–Crippen MR) is 66.8 cm³/mol. The molecule has 88 valence electrons. The van der Waals surface area contributed by atoms with Crippen molar-refractivity contribution < 1.29 is 4.79 Å². The number of ketones is 1. The van der Waals surface area contributed by atoms with Gasteiger partial charge in [-0.15, -0.1) is 0 Å². The minimum absolute atomic E-state index is 0.226. The van der Waals surface area contributed by atoms with E-state index in [1.54, 1.807) is 11.8 Å². The Hall–Kier alpha value is -0.770. The SMILES string of the molecule is CC(C)n1ccc(CC(=O)C2CCCS2)n1. The standard InChI is InChI=1S/C12H18N2OS/c1-9(2)14-6-5-10(13-14)8-11(15)12-4-3-7-16-12/h5-6,9,12H,3-4,7-8H2,1-2H3. The van der Waals surface area contributed by atoms with Gasteiger partial charge in [0.25, 0.3) is 0 Å². The third-order valence-corrected chi connectivity index (χ3v) is 4.26. The van der Waals surface area contributed by atoms with Crippen molar-refractivity contribution in [2.45, 2.75) is 44.4 Å². The van der Waals surface area contributed by atoms with Crippen molar-refractivity contribution in [1.82, 2.24) is 9.78 Å². The minimum Gasteiger partial charge on any atom is -0.298 e. The zero-order valence-electron chi connectivity index (χ0n) is 9.85. The van der Waals surface area contributed by atoms with Crippen LogP contribution in [0, 0.1) is 0 Å². The molecule has 2 rings (SSSR count). The number of carbonyl (C=O) groups excluding carboxylic acids is 1. The van der Waals surface area contributed by atoms with Gasteiger partial charge in [-0.2, -0.15) is 16.9 Å². The van der Waals surface area contributed by atoms with E-state index in [1.807, 2.05) is 16.9 Å². The average Bonchev–Trinajstić information content (AvgIpc) is 2.87. The van der Waals surface area contributed by atoms with Gasteiger partial charge in [0.2, 0.25) is 0 Å². The fourth-order valence-electron chi connectivity index (χ4n) is 1.88. The van der Waals surface area contributed by atoms with E-state index < -0.39 is 0 Å². The molecule has 0 N–H and O–H groups in total. The van der Waals surface area contributed by atoms with Gasteiger partial charge in [0.05, 0.1) is 17.4 Å². The molecule has 0 bridgehead atoms. The van der Waals surface area contributed by atoms with E-state index in [2.05, 4.69) is 18.9 Å². The fourth-order valence-corrected chi connectivity index (χ4v) is 3.10. The lowest BCUT2D eigenvalue weighted by atomic mass is 10.1. The van der Waals surface area contributed by atoms with Crippen molar-refractivity contribution in [2.75, 3.05) is 5.75 Å². The summed E-state index contributed by atoms with van der Waals surface area (Å²) in [6, 6.07) is 2.32. The van der Waals surface area contributed by atoms with Gasteiger partial charge < -0.3 is 0 Å². The van der Waals surface area contributed by atoms with Gasteiger partial charge in [0.15, 0.2) is 5.78 Å². The summed E-state index contributed by atoms with van der Waals surface area (Å²) in [4.78, 5) is 11.9. The number of hydrogen-bond acceptors (Lipinski definition) is 3. The van der Waals surface area contributed by atoms with Crippen LogP contribution in [0.15, 0.2) is 12.3 Å². The first kappa shape index (κ1) is 11.7. The first-order valence-corrected chi connectivity index (χ1v) is 6.90. The highest BCUT2D eigenvalue weighted by Crippen LogP contribution is 2.27.